The van der Waals surface area contributed by atoms with Crippen LogP contribution in [0, 0.1) is 6.92 Å². The Hall–Kier alpha value is -1.17. The number of nitrogens with zero attached hydrogens (tertiary/aromatic N) is 2. The Morgan fingerprint density at radius 1 is 1.53 bits per heavy atom. The number of nitrogens with two attached hydrogens (primary N) is 1. The lowest BCUT2D eigenvalue weighted by atomic mass is 10.0. The maximum absolute atomic E-state index is 5.61. The van der Waals surface area contributed by atoms with Gasteiger partial charge in [0.05, 0.1) is 11.7 Å². The molecular weight excluding hydrogens is 208 g/mol. The van der Waals surface area contributed by atoms with Crippen LogP contribution < -0.4 is 11.3 Å². The maximum atomic E-state index is 5.61. The van der Waals surface area contributed by atoms with Crippen LogP contribution in [0.4, 0.5) is 0 Å². The average Bonchev–Trinajstić information content (AvgIpc) is 2.80. The smallest absolute Gasteiger partial charge is 0.0888 e. The predicted molar refractivity (Wildman–Crippen MR) is 61.4 cm³/mol. The summed E-state index contributed by atoms with van der Waals surface area (Å²) in [5, 5.41) is 8.39. The van der Waals surface area contributed by atoms with Crippen molar-refractivity contribution in [3.63, 3.8) is 0 Å². The highest BCUT2D eigenvalue weighted by Crippen LogP contribution is 2.26. The molecule has 3 N–H and O–H groups in total. The molecule has 2 aromatic heterocycles. The molecule has 2 aromatic rings. The van der Waals surface area contributed by atoms with Crippen LogP contribution in [0.1, 0.15) is 22.9 Å². The summed E-state index contributed by atoms with van der Waals surface area (Å²) in [7, 11) is 1.92. The van der Waals surface area contributed by atoms with E-state index >= 15 is 0 Å². The fraction of sp³-hybridized carbons (Fsp3) is 0.300. The summed E-state index contributed by atoms with van der Waals surface area (Å²) in [6.45, 7) is 2.09. The molecule has 0 saturated carbocycles. The molecule has 5 heteroatoms. The van der Waals surface area contributed by atoms with Crippen molar-refractivity contribution in [3.05, 3.63) is 39.8 Å². The number of hydrazine groups is 1. The lowest BCUT2D eigenvalue weighted by molar-refractivity contribution is 0.574. The van der Waals surface area contributed by atoms with Gasteiger partial charge in [-0.05, 0) is 34.9 Å². The van der Waals surface area contributed by atoms with Crippen LogP contribution in [-0.4, -0.2) is 9.78 Å². The van der Waals surface area contributed by atoms with Gasteiger partial charge in [0.1, 0.15) is 0 Å². The van der Waals surface area contributed by atoms with E-state index in [0.29, 0.717) is 0 Å². The molecule has 2 heterocycles. The van der Waals surface area contributed by atoms with Gasteiger partial charge in [-0.15, -0.1) is 0 Å². The Bertz CT molecular complexity index is 405. The normalized spacial score (nSPS) is 13.0. The van der Waals surface area contributed by atoms with Gasteiger partial charge in [0, 0.05) is 13.2 Å². The molecule has 4 nitrogen and oxygen atoms in total. The van der Waals surface area contributed by atoms with Crippen LogP contribution in [0.15, 0.2) is 23.0 Å². The first-order chi connectivity index (χ1) is 7.24. The van der Waals surface area contributed by atoms with E-state index in [0.717, 1.165) is 5.69 Å². The minimum Gasteiger partial charge on any atom is -0.271 e. The minimum absolute atomic E-state index is 0.0174. The lowest BCUT2D eigenvalue weighted by Gasteiger charge is -2.16. The molecule has 0 aliphatic rings. The Morgan fingerprint density at radius 2 is 2.33 bits per heavy atom. The molecule has 0 saturated heterocycles. The summed E-state index contributed by atoms with van der Waals surface area (Å²) in [5.41, 5.74) is 6.37. The molecule has 0 bridgehead atoms. The predicted octanol–water partition coefficient (Wildman–Crippen LogP) is 1.34. The van der Waals surface area contributed by atoms with Gasteiger partial charge in [0.2, 0.25) is 0 Å². The maximum Gasteiger partial charge on any atom is 0.0888 e. The van der Waals surface area contributed by atoms with Crippen molar-refractivity contribution in [1.29, 1.82) is 0 Å². The number of hydrogen-bond acceptors (Lipinski definition) is 4. The second-order valence-corrected chi connectivity index (χ2v) is 4.23. The van der Waals surface area contributed by atoms with Crippen LogP contribution in [0.5, 0.6) is 0 Å². The molecule has 0 spiro atoms. The van der Waals surface area contributed by atoms with E-state index in [1.165, 1.54) is 11.1 Å². The van der Waals surface area contributed by atoms with Crippen LogP contribution in [0.2, 0.25) is 0 Å². The highest BCUT2D eigenvalue weighted by Gasteiger charge is 2.17. The minimum atomic E-state index is 0.0174. The quantitative estimate of drug-likeness (QED) is 0.608. The van der Waals surface area contributed by atoms with Crippen LogP contribution in [-0.2, 0) is 7.05 Å². The molecule has 1 unspecified atom stereocenters. The van der Waals surface area contributed by atoms with Gasteiger partial charge in [-0.1, -0.05) is 0 Å². The zero-order valence-electron chi connectivity index (χ0n) is 8.77. The molecule has 0 radical (unpaired) electrons. The molecule has 80 valence electrons. The molecule has 0 amide bonds. The van der Waals surface area contributed by atoms with E-state index in [-0.39, 0.29) is 6.04 Å². The van der Waals surface area contributed by atoms with E-state index in [4.69, 9.17) is 5.84 Å². The summed E-state index contributed by atoms with van der Waals surface area (Å²) in [6, 6.07) is 1.99. The van der Waals surface area contributed by atoms with Gasteiger partial charge in [-0.3, -0.25) is 10.5 Å². The first-order valence-corrected chi connectivity index (χ1v) is 5.65. The average molecular weight is 222 g/mol. The third-order valence-electron chi connectivity index (χ3n) is 2.53. The topological polar surface area (TPSA) is 55.9 Å². The number of hydrogen-bond donors (Lipinski definition) is 2. The van der Waals surface area contributed by atoms with Gasteiger partial charge < -0.3 is 0 Å². The Kier molecular flexibility index (Phi) is 2.86. The highest BCUT2D eigenvalue weighted by molar-refractivity contribution is 7.08. The monoisotopic (exact) mass is 222 g/mol. The third-order valence-corrected chi connectivity index (χ3v) is 3.41. The van der Waals surface area contributed by atoms with E-state index in [1.54, 1.807) is 17.5 Å². The van der Waals surface area contributed by atoms with Crippen molar-refractivity contribution >= 4 is 11.3 Å². The SMILES string of the molecule is Cc1cscc1C(NN)c1ccnn1C. The number of thiophene rings is 1. The van der Waals surface area contributed by atoms with Crippen molar-refractivity contribution in [2.45, 2.75) is 13.0 Å². The van der Waals surface area contributed by atoms with Gasteiger partial charge >= 0.3 is 0 Å². The second kappa shape index (κ2) is 4.14. The van der Waals surface area contributed by atoms with Gasteiger partial charge in [-0.25, -0.2) is 5.43 Å². The van der Waals surface area contributed by atoms with Gasteiger partial charge in [0.25, 0.3) is 0 Å². The Morgan fingerprint density at radius 3 is 2.80 bits per heavy atom. The summed E-state index contributed by atoms with van der Waals surface area (Å²) < 4.78 is 1.83. The first kappa shape index (κ1) is 10.4. The number of rotatable bonds is 3. The first-order valence-electron chi connectivity index (χ1n) is 4.70. The number of nitrogens with one attached hydrogen (secondary N) is 1. The van der Waals surface area contributed by atoms with E-state index in [2.05, 4.69) is 28.2 Å². The van der Waals surface area contributed by atoms with Crippen molar-refractivity contribution in [2.24, 2.45) is 12.9 Å². The van der Waals surface area contributed by atoms with Gasteiger partial charge in [-0.2, -0.15) is 16.4 Å². The zero-order chi connectivity index (χ0) is 10.8. The fourth-order valence-corrected chi connectivity index (χ4v) is 2.54. The number of aryl methyl sites for hydroxylation is 2. The van der Waals surface area contributed by atoms with E-state index in [1.807, 2.05) is 17.8 Å². The molecule has 0 aliphatic heterocycles. The van der Waals surface area contributed by atoms with Crippen molar-refractivity contribution < 1.29 is 0 Å². The van der Waals surface area contributed by atoms with Crippen LogP contribution in [0.25, 0.3) is 0 Å². The van der Waals surface area contributed by atoms with E-state index < -0.39 is 0 Å². The van der Waals surface area contributed by atoms with Crippen molar-refractivity contribution in [1.82, 2.24) is 15.2 Å². The summed E-state index contributed by atoms with van der Waals surface area (Å²) in [5.74, 6) is 5.61. The fourth-order valence-electron chi connectivity index (χ4n) is 1.67. The molecule has 2 rings (SSSR count). The summed E-state index contributed by atoms with van der Waals surface area (Å²) in [4.78, 5) is 0. The highest BCUT2D eigenvalue weighted by atomic mass is 32.1. The van der Waals surface area contributed by atoms with Gasteiger partial charge in [0.15, 0.2) is 0 Å². The Labute approximate surface area is 92.7 Å². The Balaban J connectivity index is 2.41. The summed E-state index contributed by atoms with van der Waals surface area (Å²) >= 11 is 1.69. The molecular formula is C10H14N4S. The van der Waals surface area contributed by atoms with Crippen LogP contribution >= 0.6 is 11.3 Å². The zero-order valence-corrected chi connectivity index (χ0v) is 9.58. The molecule has 1 atom stereocenters. The number of aromatic nitrogens is 2. The third kappa shape index (κ3) is 1.81. The van der Waals surface area contributed by atoms with Crippen LogP contribution in [0.3, 0.4) is 0 Å². The molecule has 0 fully saturated rings. The molecule has 0 aliphatic carbocycles. The van der Waals surface area contributed by atoms with E-state index in [9.17, 15) is 0 Å². The summed E-state index contributed by atoms with van der Waals surface area (Å²) in [6.07, 6.45) is 1.78. The second-order valence-electron chi connectivity index (χ2n) is 3.49. The lowest BCUT2D eigenvalue weighted by Crippen LogP contribution is -2.30. The molecule has 0 aromatic carbocycles. The van der Waals surface area contributed by atoms with Crippen molar-refractivity contribution in [2.75, 3.05) is 0 Å². The standard InChI is InChI=1S/C10H14N4S/c1-7-5-15-6-8(7)10(13-11)9-3-4-12-14(9)2/h3-6,10,13H,11H2,1-2H3. The largest absolute Gasteiger partial charge is 0.271 e. The molecule has 15 heavy (non-hydrogen) atoms. The van der Waals surface area contributed by atoms with Crippen molar-refractivity contribution in [3.8, 4) is 0 Å².